The second kappa shape index (κ2) is 10.3. The Bertz CT molecular complexity index is 1830. The largest absolute Gasteiger partial charge is 0.502 e. The van der Waals surface area contributed by atoms with Crippen LogP contribution in [0.5, 0.6) is 11.5 Å². The van der Waals surface area contributed by atoms with E-state index >= 15 is 0 Å². The van der Waals surface area contributed by atoms with Crippen LogP contribution in [-0.4, -0.2) is 32.4 Å². The summed E-state index contributed by atoms with van der Waals surface area (Å²) in [6.45, 7) is 0. The minimum absolute atomic E-state index is 0.0467. The summed E-state index contributed by atoms with van der Waals surface area (Å²) in [7, 11) is 0. The van der Waals surface area contributed by atoms with Crippen LogP contribution in [0.2, 0.25) is 0 Å². The molecular weight excluding hydrogens is 662 g/mol. The zero-order chi connectivity index (χ0) is 35.1. The third-order valence-electron chi connectivity index (χ3n) is 7.78. The van der Waals surface area contributed by atoms with E-state index in [-0.39, 0.29) is 34.4 Å². The van der Waals surface area contributed by atoms with Crippen molar-refractivity contribution >= 4 is 11.4 Å². The molecule has 0 atom stereocenters. The lowest BCUT2D eigenvalue weighted by Gasteiger charge is -2.35. The molecule has 0 aliphatic heterocycles. The van der Waals surface area contributed by atoms with E-state index in [0.29, 0.717) is 12.1 Å². The fraction of sp³-hybridized carbons (Fsp3) is 0.172. The summed E-state index contributed by atoms with van der Waals surface area (Å²) in [5, 5.41) is 44.4. The lowest BCUT2D eigenvalue weighted by atomic mass is 9.66. The van der Waals surface area contributed by atoms with Crippen molar-refractivity contribution in [3.8, 4) is 22.6 Å². The maximum Gasteiger partial charge on any atom is 0.458 e. The molecule has 0 fully saturated rings. The molecule has 18 heteroatoms. The number of alkyl halides is 10. The smallest absolute Gasteiger partial charge is 0.458 e. The zero-order valence-electron chi connectivity index (χ0n) is 22.6. The quantitative estimate of drug-likeness (QED) is 0.105. The van der Waals surface area contributed by atoms with E-state index in [2.05, 4.69) is 0 Å². The molecule has 4 aromatic carbocycles. The molecule has 0 radical (unpaired) electrons. The number of hydrogen-bond donors (Lipinski definition) is 2. The lowest BCUT2D eigenvalue weighted by molar-refractivity contribution is -0.386. The van der Waals surface area contributed by atoms with Gasteiger partial charge in [-0.1, -0.05) is 48.5 Å². The molecule has 4 aromatic rings. The summed E-state index contributed by atoms with van der Waals surface area (Å²) in [5.74, 6) is -16.3. The van der Waals surface area contributed by atoms with Gasteiger partial charge in [0, 0.05) is 12.1 Å². The molecule has 47 heavy (non-hydrogen) atoms. The molecule has 1 aliphatic carbocycles. The third kappa shape index (κ3) is 4.60. The first-order valence-electron chi connectivity index (χ1n) is 12.7. The van der Waals surface area contributed by atoms with Gasteiger partial charge in [-0.2, -0.15) is 43.9 Å². The Hall–Kier alpha value is -5.42. The number of benzene rings is 4. The number of nitro groups is 2. The van der Waals surface area contributed by atoms with Crippen LogP contribution >= 0.6 is 0 Å². The van der Waals surface area contributed by atoms with Gasteiger partial charge in [-0.15, -0.1) is 0 Å². The van der Waals surface area contributed by atoms with Gasteiger partial charge in [0.25, 0.3) is 0 Å². The average molecular weight is 676 g/mol. The molecule has 1 aliphatic rings. The van der Waals surface area contributed by atoms with Crippen LogP contribution in [0.25, 0.3) is 11.1 Å². The topological polar surface area (TPSA) is 127 Å². The number of phenolic OH excluding ortho intramolecular Hbond substituents is 2. The zero-order valence-corrected chi connectivity index (χ0v) is 22.6. The van der Waals surface area contributed by atoms with E-state index < -0.39 is 84.6 Å². The van der Waals surface area contributed by atoms with Crippen molar-refractivity contribution in [3.63, 3.8) is 0 Å². The van der Waals surface area contributed by atoms with E-state index in [1.807, 2.05) is 0 Å². The van der Waals surface area contributed by atoms with E-state index in [4.69, 9.17) is 0 Å². The van der Waals surface area contributed by atoms with Crippen LogP contribution in [0, 0.1) is 20.2 Å². The molecule has 0 spiro atoms. The molecule has 5 rings (SSSR count). The first-order valence-corrected chi connectivity index (χ1v) is 12.7. The minimum atomic E-state index is -6.48. The van der Waals surface area contributed by atoms with Gasteiger partial charge in [0.05, 0.1) is 26.4 Å². The normalized spacial score (nSPS) is 14.4. The van der Waals surface area contributed by atoms with Crippen molar-refractivity contribution in [2.75, 3.05) is 0 Å². The van der Waals surface area contributed by atoms with E-state index in [0.717, 1.165) is 12.1 Å². The number of rotatable bonds is 6. The summed E-state index contributed by atoms with van der Waals surface area (Å²) >= 11 is 0. The van der Waals surface area contributed by atoms with Crippen molar-refractivity contribution in [2.45, 2.75) is 29.6 Å². The highest BCUT2D eigenvalue weighted by Crippen LogP contribution is 2.60. The van der Waals surface area contributed by atoms with Crippen LogP contribution in [0.15, 0.2) is 72.8 Å². The number of nitrogens with zero attached hydrogens (tertiary/aromatic N) is 2. The molecule has 0 aromatic heterocycles. The van der Waals surface area contributed by atoms with Crippen molar-refractivity contribution in [3.05, 3.63) is 126 Å². The number of halogens is 10. The Morgan fingerprint density at radius 2 is 0.872 bits per heavy atom. The van der Waals surface area contributed by atoms with Gasteiger partial charge in [-0.05, 0) is 45.5 Å². The molecule has 0 saturated heterocycles. The Balaban J connectivity index is 2.08. The fourth-order valence-corrected chi connectivity index (χ4v) is 5.76. The average Bonchev–Trinajstić information content (AvgIpc) is 3.27. The van der Waals surface area contributed by atoms with Gasteiger partial charge >= 0.3 is 35.6 Å². The molecule has 8 nitrogen and oxygen atoms in total. The molecule has 246 valence electrons. The third-order valence-corrected chi connectivity index (χ3v) is 7.78. The monoisotopic (exact) mass is 676 g/mol. The highest BCUT2D eigenvalue weighted by Gasteiger charge is 2.63. The van der Waals surface area contributed by atoms with Crippen LogP contribution in [0.1, 0.15) is 33.4 Å². The van der Waals surface area contributed by atoms with Crippen LogP contribution in [0.4, 0.5) is 55.3 Å². The molecular formula is C29H14F10N2O6. The predicted octanol–water partition coefficient (Wildman–Crippen LogP) is 8.59. The molecule has 0 saturated carbocycles. The van der Waals surface area contributed by atoms with Crippen molar-refractivity contribution in [1.29, 1.82) is 0 Å². The minimum Gasteiger partial charge on any atom is -0.502 e. The standard InChI is InChI=1S/C29H14F10N2O6/c30-26(31,28(34,35)36)19-9-13(11-21(23(19)42)40(44)45)25(17-7-3-1-5-15(17)16-6-2-4-8-18(16)25)14-10-20(27(32,33)29(37,38)39)24(43)22(12-14)41(46)47/h1-12,42-43H. The van der Waals surface area contributed by atoms with Crippen LogP contribution in [0.3, 0.4) is 0 Å². The number of aromatic hydroxyl groups is 2. The van der Waals surface area contributed by atoms with Gasteiger partial charge in [0.2, 0.25) is 11.5 Å². The highest BCUT2D eigenvalue weighted by atomic mass is 19.4. The Morgan fingerprint density at radius 3 is 1.17 bits per heavy atom. The van der Waals surface area contributed by atoms with Gasteiger partial charge in [0.1, 0.15) is 0 Å². The summed E-state index contributed by atoms with van der Waals surface area (Å²) in [4.78, 5) is 20.7. The van der Waals surface area contributed by atoms with Gasteiger partial charge in [0.15, 0.2) is 0 Å². The fourth-order valence-electron chi connectivity index (χ4n) is 5.76. The maximum atomic E-state index is 14.9. The van der Waals surface area contributed by atoms with Gasteiger partial charge in [-0.25, -0.2) is 0 Å². The molecule has 0 amide bonds. The number of hydrogen-bond acceptors (Lipinski definition) is 6. The lowest BCUT2D eigenvalue weighted by Crippen LogP contribution is -2.36. The second-order valence-electron chi connectivity index (χ2n) is 10.3. The SMILES string of the molecule is O=[N+]([O-])c1cc(C2(c3cc([N+](=O)[O-])c(O)c(C(F)(F)C(F)(F)F)c3)c3ccccc3-c3ccccc32)cc(C(F)(F)C(F)(F)F)c1O. The van der Waals surface area contributed by atoms with E-state index in [1.165, 1.54) is 36.4 Å². The Kier molecular flexibility index (Phi) is 7.22. The predicted molar refractivity (Wildman–Crippen MR) is 140 cm³/mol. The maximum absolute atomic E-state index is 14.9. The molecule has 0 heterocycles. The number of fused-ring (bicyclic) bond motifs is 3. The summed E-state index contributed by atoms with van der Waals surface area (Å²) < 4.78 is 141. The van der Waals surface area contributed by atoms with Crippen molar-refractivity contribution in [2.24, 2.45) is 0 Å². The number of phenols is 2. The Morgan fingerprint density at radius 1 is 0.553 bits per heavy atom. The Labute approximate surface area is 254 Å². The first kappa shape index (κ1) is 33.0. The van der Waals surface area contributed by atoms with Crippen LogP contribution in [-0.2, 0) is 17.3 Å². The molecule has 0 unspecified atom stereocenters. The number of nitro benzene ring substituents is 2. The highest BCUT2D eigenvalue weighted by molar-refractivity contribution is 5.87. The molecule has 0 bridgehead atoms. The van der Waals surface area contributed by atoms with E-state index in [1.54, 1.807) is 0 Å². The first-order chi connectivity index (χ1) is 21.6. The van der Waals surface area contributed by atoms with Crippen molar-refractivity contribution in [1.82, 2.24) is 0 Å². The summed E-state index contributed by atoms with van der Waals surface area (Å²) in [6, 6.07) is 10.7. The molecule has 2 N–H and O–H groups in total. The van der Waals surface area contributed by atoms with E-state index in [9.17, 15) is 74.3 Å². The van der Waals surface area contributed by atoms with Gasteiger partial charge < -0.3 is 10.2 Å². The second-order valence-corrected chi connectivity index (χ2v) is 10.3. The van der Waals surface area contributed by atoms with Crippen molar-refractivity contribution < 1.29 is 64.0 Å². The van der Waals surface area contributed by atoms with Gasteiger partial charge in [-0.3, -0.25) is 20.2 Å². The van der Waals surface area contributed by atoms with Crippen LogP contribution < -0.4 is 0 Å². The summed E-state index contributed by atoms with van der Waals surface area (Å²) in [6.07, 6.45) is -13.0. The summed E-state index contributed by atoms with van der Waals surface area (Å²) in [5.41, 5.74) is -13.4.